The molecule has 72 valence electrons. The van der Waals surface area contributed by atoms with E-state index in [-0.39, 0.29) is 5.56 Å². The van der Waals surface area contributed by atoms with Gasteiger partial charge >= 0.3 is 5.97 Å². The van der Waals surface area contributed by atoms with Gasteiger partial charge in [-0.15, -0.1) is 11.3 Å². The molecule has 0 amide bonds. The minimum Gasteiger partial charge on any atom is -0.478 e. The van der Waals surface area contributed by atoms with Gasteiger partial charge in [-0.25, -0.2) is 4.79 Å². The Bertz CT molecular complexity index is 521. The van der Waals surface area contributed by atoms with E-state index in [1.165, 1.54) is 11.3 Å². The molecule has 0 radical (unpaired) electrons. The van der Waals surface area contributed by atoms with Crippen molar-refractivity contribution < 1.29 is 9.90 Å². The highest BCUT2D eigenvalue weighted by molar-refractivity contribution is 9.10. The first-order valence-electron chi connectivity index (χ1n) is 3.79. The van der Waals surface area contributed by atoms with E-state index in [1.54, 1.807) is 6.07 Å². The summed E-state index contributed by atoms with van der Waals surface area (Å²) in [5, 5.41) is 11.6. The fraction of sp³-hybridized carbons (Fsp3) is 0. The second-order valence-electron chi connectivity index (χ2n) is 2.79. The summed E-state index contributed by atoms with van der Waals surface area (Å²) < 4.78 is 1.70. The summed E-state index contributed by atoms with van der Waals surface area (Å²) in [6.07, 6.45) is 0. The molecule has 0 bridgehead atoms. The normalized spacial score (nSPS) is 10.6. The number of carboxylic acids is 1. The summed E-state index contributed by atoms with van der Waals surface area (Å²) in [5.41, 5.74) is 6.09. The molecule has 3 N–H and O–H groups in total. The third-order valence-electron chi connectivity index (χ3n) is 1.94. The number of rotatable bonds is 1. The molecule has 1 heterocycles. The number of carbonyl (C=O) groups is 1. The van der Waals surface area contributed by atoms with E-state index in [2.05, 4.69) is 15.9 Å². The van der Waals surface area contributed by atoms with Gasteiger partial charge < -0.3 is 10.8 Å². The zero-order chi connectivity index (χ0) is 10.3. The predicted octanol–water partition coefficient (Wildman–Crippen LogP) is 2.94. The molecule has 0 saturated carbocycles. The molecule has 0 saturated heterocycles. The molecule has 0 aliphatic carbocycles. The Morgan fingerprint density at radius 1 is 1.50 bits per heavy atom. The predicted molar refractivity (Wildman–Crippen MR) is 60.9 cm³/mol. The van der Waals surface area contributed by atoms with E-state index >= 15 is 0 Å². The highest BCUT2D eigenvalue weighted by Gasteiger charge is 2.15. The van der Waals surface area contributed by atoms with Crippen LogP contribution in [0.2, 0.25) is 0 Å². The quantitative estimate of drug-likeness (QED) is 0.784. The SMILES string of the molecule is Nc1ccc2scc(Br)c2c1C(=O)O. The molecule has 2 aromatic rings. The van der Waals surface area contributed by atoms with E-state index in [0.717, 1.165) is 9.17 Å². The average Bonchev–Trinajstić information content (AvgIpc) is 2.47. The Hall–Kier alpha value is -1.07. The van der Waals surface area contributed by atoms with Crippen LogP contribution in [0.4, 0.5) is 5.69 Å². The number of nitrogen functional groups attached to an aromatic ring is 1. The summed E-state index contributed by atoms with van der Waals surface area (Å²) in [5.74, 6) is -0.993. The van der Waals surface area contributed by atoms with Crippen molar-refractivity contribution in [1.82, 2.24) is 0 Å². The van der Waals surface area contributed by atoms with Crippen LogP contribution < -0.4 is 5.73 Å². The molecule has 1 aromatic heterocycles. The number of hydrogen-bond acceptors (Lipinski definition) is 3. The Labute approximate surface area is 92.3 Å². The molecule has 0 spiro atoms. The minimum atomic E-state index is -0.993. The van der Waals surface area contributed by atoms with Crippen molar-refractivity contribution in [3.63, 3.8) is 0 Å². The van der Waals surface area contributed by atoms with Crippen LogP contribution in [0.3, 0.4) is 0 Å². The molecule has 14 heavy (non-hydrogen) atoms. The second kappa shape index (κ2) is 3.25. The average molecular weight is 272 g/mol. The molecule has 1 aromatic carbocycles. The first-order chi connectivity index (χ1) is 6.61. The molecular formula is C9H6BrNO2S. The summed E-state index contributed by atoms with van der Waals surface area (Å²) in [7, 11) is 0. The van der Waals surface area contributed by atoms with Crippen LogP contribution in [0.25, 0.3) is 10.1 Å². The number of carboxylic acid groups (broad SMARTS) is 1. The van der Waals surface area contributed by atoms with E-state index in [4.69, 9.17) is 10.8 Å². The number of halogens is 1. The standard InChI is InChI=1S/C9H6BrNO2S/c10-4-3-14-6-2-1-5(11)8(7(4)6)9(12)13/h1-3H,11H2,(H,12,13). The van der Waals surface area contributed by atoms with Crippen LogP contribution >= 0.6 is 27.3 Å². The number of aromatic carboxylic acids is 1. The zero-order valence-electron chi connectivity index (χ0n) is 6.95. The molecule has 0 fully saturated rings. The molecule has 0 unspecified atom stereocenters. The maximum absolute atomic E-state index is 11.0. The Kier molecular flexibility index (Phi) is 2.20. The maximum Gasteiger partial charge on any atom is 0.338 e. The van der Waals surface area contributed by atoms with Gasteiger partial charge in [0, 0.05) is 25.6 Å². The molecular weight excluding hydrogens is 266 g/mol. The number of anilines is 1. The van der Waals surface area contributed by atoms with Gasteiger partial charge in [0.25, 0.3) is 0 Å². The molecule has 0 aliphatic heterocycles. The van der Waals surface area contributed by atoms with Gasteiger partial charge in [0.2, 0.25) is 0 Å². The number of fused-ring (bicyclic) bond motifs is 1. The van der Waals surface area contributed by atoms with E-state index < -0.39 is 5.97 Å². The lowest BCUT2D eigenvalue weighted by molar-refractivity contribution is 0.0700. The molecule has 0 atom stereocenters. The number of nitrogens with two attached hydrogens (primary N) is 1. The first kappa shape index (κ1) is 9.48. The van der Waals surface area contributed by atoms with Crippen molar-refractivity contribution in [2.75, 3.05) is 5.73 Å². The number of thiophene rings is 1. The first-order valence-corrected chi connectivity index (χ1v) is 5.47. The van der Waals surface area contributed by atoms with Crippen molar-refractivity contribution in [3.8, 4) is 0 Å². The van der Waals surface area contributed by atoms with Crippen LogP contribution in [0.5, 0.6) is 0 Å². The van der Waals surface area contributed by atoms with Crippen LogP contribution in [0.15, 0.2) is 22.0 Å². The Morgan fingerprint density at radius 3 is 2.86 bits per heavy atom. The lowest BCUT2D eigenvalue weighted by Crippen LogP contribution is -2.02. The van der Waals surface area contributed by atoms with Gasteiger partial charge in [0.1, 0.15) is 0 Å². The van der Waals surface area contributed by atoms with Gasteiger partial charge in [0.15, 0.2) is 0 Å². The maximum atomic E-state index is 11.0. The van der Waals surface area contributed by atoms with Gasteiger partial charge in [-0.2, -0.15) is 0 Å². The third kappa shape index (κ3) is 1.29. The van der Waals surface area contributed by atoms with E-state index in [9.17, 15) is 4.79 Å². The fourth-order valence-corrected chi connectivity index (χ4v) is 2.99. The Morgan fingerprint density at radius 2 is 2.21 bits per heavy atom. The highest BCUT2D eigenvalue weighted by Crippen LogP contribution is 2.35. The largest absolute Gasteiger partial charge is 0.478 e. The van der Waals surface area contributed by atoms with Gasteiger partial charge in [-0.3, -0.25) is 0 Å². The number of hydrogen-bond donors (Lipinski definition) is 2. The summed E-state index contributed by atoms with van der Waals surface area (Å²) in [4.78, 5) is 11.0. The molecule has 3 nitrogen and oxygen atoms in total. The van der Waals surface area contributed by atoms with Crippen molar-refractivity contribution in [1.29, 1.82) is 0 Å². The smallest absolute Gasteiger partial charge is 0.338 e. The van der Waals surface area contributed by atoms with Gasteiger partial charge in [-0.1, -0.05) is 0 Å². The monoisotopic (exact) mass is 271 g/mol. The van der Waals surface area contributed by atoms with Crippen molar-refractivity contribution in [3.05, 3.63) is 27.5 Å². The molecule has 2 rings (SSSR count). The lowest BCUT2D eigenvalue weighted by Gasteiger charge is -2.02. The van der Waals surface area contributed by atoms with Crippen LogP contribution in [0, 0.1) is 0 Å². The van der Waals surface area contributed by atoms with E-state index in [1.807, 2.05) is 11.4 Å². The Balaban J connectivity index is 2.94. The minimum absolute atomic E-state index is 0.177. The second-order valence-corrected chi connectivity index (χ2v) is 4.56. The van der Waals surface area contributed by atoms with E-state index in [0.29, 0.717) is 11.1 Å². The lowest BCUT2D eigenvalue weighted by atomic mass is 10.1. The summed E-state index contributed by atoms with van der Waals surface area (Å²) in [6, 6.07) is 3.45. The zero-order valence-corrected chi connectivity index (χ0v) is 9.35. The third-order valence-corrected chi connectivity index (χ3v) is 3.82. The van der Waals surface area contributed by atoms with Gasteiger partial charge in [0.05, 0.1) is 5.56 Å². The summed E-state index contributed by atoms with van der Waals surface area (Å²) in [6.45, 7) is 0. The topological polar surface area (TPSA) is 63.3 Å². The van der Waals surface area contributed by atoms with Crippen LogP contribution in [-0.4, -0.2) is 11.1 Å². The molecule has 0 aliphatic rings. The van der Waals surface area contributed by atoms with Crippen molar-refractivity contribution in [2.45, 2.75) is 0 Å². The van der Waals surface area contributed by atoms with Crippen LogP contribution in [0.1, 0.15) is 10.4 Å². The summed E-state index contributed by atoms with van der Waals surface area (Å²) >= 11 is 4.80. The fourth-order valence-electron chi connectivity index (χ4n) is 1.34. The van der Waals surface area contributed by atoms with Gasteiger partial charge in [-0.05, 0) is 28.1 Å². The van der Waals surface area contributed by atoms with Crippen molar-refractivity contribution >= 4 is 49.0 Å². The highest BCUT2D eigenvalue weighted by atomic mass is 79.9. The van der Waals surface area contributed by atoms with Crippen molar-refractivity contribution in [2.24, 2.45) is 0 Å². The number of benzene rings is 1. The molecule has 5 heteroatoms. The van der Waals surface area contributed by atoms with Crippen LogP contribution in [-0.2, 0) is 0 Å².